The van der Waals surface area contributed by atoms with Crippen molar-refractivity contribution in [2.75, 3.05) is 5.32 Å². The third kappa shape index (κ3) is 2.94. The molecule has 0 aliphatic carbocycles. The average Bonchev–Trinajstić information content (AvgIpc) is 2.59. The zero-order valence-corrected chi connectivity index (χ0v) is 10.9. The normalized spacial score (nSPS) is 11.5. The number of benzene rings is 1. The van der Waals surface area contributed by atoms with Gasteiger partial charge in [0.05, 0.1) is 4.70 Å². The first-order chi connectivity index (χ1) is 7.96. The van der Waals surface area contributed by atoms with Gasteiger partial charge in [0.15, 0.2) is 5.82 Å². The van der Waals surface area contributed by atoms with Gasteiger partial charge in [-0.3, -0.25) is 5.32 Å². The van der Waals surface area contributed by atoms with E-state index in [0.29, 0.717) is 5.82 Å². The molecule has 1 aromatic carbocycles. The predicted octanol–water partition coefficient (Wildman–Crippen LogP) is 3.22. The van der Waals surface area contributed by atoms with Gasteiger partial charge >= 0.3 is 6.03 Å². The molecule has 90 valence electrons. The number of aromatic nitrogens is 1. The molecule has 4 nitrogen and oxygen atoms in total. The van der Waals surface area contributed by atoms with Gasteiger partial charge in [0.25, 0.3) is 0 Å². The standard InChI is InChI=1S/C12H15N3OS/c1-12(2,3)14-11(16)13-10-8-6-4-5-7-9(8)17-15-10/h4-7H,1-3H3,(H2,13,14,15,16). The largest absolute Gasteiger partial charge is 0.333 e. The molecule has 5 heteroatoms. The second-order valence-electron chi connectivity index (χ2n) is 4.86. The van der Waals surface area contributed by atoms with Crippen LogP contribution in [0.5, 0.6) is 0 Å². The van der Waals surface area contributed by atoms with E-state index in [1.807, 2.05) is 45.0 Å². The maximum Gasteiger partial charge on any atom is 0.320 e. The maximum absolute atomic E-state index is 11.7. The molecular weight excluding hydrogens is 234 g/mol. The zero-order valence-electron chi connectivity index (χ0n) is 10.1. The van der Waals surface area contributed by atoms with E-state index in [1.54, 1.807) is 0 Å². The minimum atomic E-state index is -0.254. The Hall–Kier alpha value is -1.62. The van der Waals surface area contributed by atoms with Crippen molar-refractivity contribution in [2.45, 2.75) is 26.3 Å². The number of anilines is 1. The molecule has 0 atom stereocenters. The first-order valence-corrected chi connectivity index (χ1v) is 6.17. The van der Waals surface area contributed by atoms with Crippen molar-refractivity contribution in [3.8, 4) is 0 Å². The summed E-state index contributed by atoms with van der Waals surface area (Å²) in [5, 5.41) is 6.58. The van der Waals surface area contributed by atoms with E-state index in [0.717, 1.165) is 10.1 Å². The van der Waals surface area contributed by atoms with Gasteiger partial charge in [-0.2, -0.15) is 4.37 Å². The summed E-state index contributed by atoms with van der Waals surface area (Å²) in [6.07, 6.45) is 0. The van der Waals surface area contributed by atoms with E-state index in [4.69, 9.17) is 0 Å². The molecule has 0 aliphatic heterocycles. The number of carbonyl (C=O) groups is 1. The van der Waals surface area contributed by atoms with Crippen LogP contribution in [0, 0.1) is 0 Å². The van der Waals surface area contributed by atoms with Crippen LogP contribution in [-0.2, 0) is 0 Å². The number of carbonyl (C=O) groups excluding carboxylic acids is 1. The van der Waals surface area contributed by atoms with Crippen LogP contribution < -0.4 is 10.6 Å². The molecule has 2 amide bonds. The molecule has 1 heterocycles. The molecule has 17 heavy (non-hydrogen) atoms. The Morgan fingerprint density at radius 3 is 2.71 bits per heavy atom. The molecule has 2 N–H and O–H groups in total. The number of fused-ring (bicyclic) bond motifs is 1. The Labute approximate surface area is 104 Å². The van der Waals surface area contributed by atoms with Gasteiger partial charge in [-0.25, -0.2) is 4.79 Å². The van der Waals surface area contributed by atoms with Gasteiger partial charge in [0.2, 0.25) is 0 Å². The molecule has 0 saturated heterocycles. The molecule has 0 saturated carbocycles. The van der Waals surface area contributed by atoms with E-state index in [9.17, 15) is 4.79 Å². The number of hydrogen-bond donors (Lipinski definition) is 2. The highest BCUT2D eigenvalue weighted by Gasteiger charge is 2.15. The Morgan fingerprint density at radius 1 is 1.29 bits per heavy atom. The molecule has 0 radical (unpaired) electrons. The van der Waals surface area contributed by atoms with Crippen molar-refractivity contribution in [2.24, 2.45) is 0 Å². The lowest BCUT2D eigenvalue weighted by atomic mass is 10.1. The molecule has 2 aromatic rings. The summed E-state index contributed by atoms with van der Waals surface area (Å²) in [5.41, 5.74) is -0.254. The molecule has 2 rings (SSSR count). The van der Waals surface area contributed by atoms with Crippen molar-refractivity contribution in [1.29, 1.82) is 0 Å². The Balaban J connectivity index is 2.16. The summed E-state index contributed by atoms with van der Waals surface area (Å²) >= 11 is 1.38. The fourth-order valence-corrected chi connectivity index (χ4v) is 2.19. The molecule has 0 fully saturated rings. The first-order valence-electron chi connectivity index (χ1n) is 5.39. The third-order valence-corrected chi connectivity index (χ3v) is 2.92. The van der Waals surface area contributed by atoms with Crippen molar-refractivity contribution in [1.82, 2.24) is 9.69 Å². The van der Waals surface area contributed by atoms with E-state index in [1.165, 1.54) is 11.5 Å². The van der Waals surface area contributed by atoms with Crippen LogP contribution in [0.2, 0.25) is 0 Å². The topological polar surface area (TPSA) is 54.0 Å². The second kappa shape index (κ2) is 4.33. The van der Waals surface area contributed by atoms with Crippen molar-refractivity contribution < 1.29 is 4.79 Å². The minimum Gasteiger partial charge on any atom is -0.333 e. The van der Waals surface area contributed by atoms with Gasteiger partial charge < -0.3 is 5.32 Å². The van der Waals surface area contributed by atoms with Crippen LogP contribution in [0.15, 0.2) is 24.3 Å². The smallest absolute Gasteiger partial charge is 0.320 e. The van der Waals surface area contributed by atoms with Crippen molar-refractivity contribution in [3.63, 3.8) is 0 Å². The van der Waals surface area contributed by atoms with Gasteiger partial charge in [0.1, 0.15) is 0 Å². The second-order valence-corrected chi connectivity index (χ2v) is 5.66. The number of hydrogen-bond acceptors (Lipinski definition) is 3. The fourth-order valence-electron chi connectivity index (χ4n) is 1.46. The Morgan fingerprint density at radius 2 is 2.00 bits per heavy atom. The third-order valence-electron chi connectivity index (χ3n) is 2.10. The number of amides is 2. The van der Waals surface area contributed by atoms with E-state index >= 15 is 0 Å². The van der Waals surface area contributed by atoms with Crippen LogP contribution >= 0.6 is 11.5 Å². The molecule has 0 bridgehead atoms. The average molecular weight is 249 g/mol. The molecule has 0 aliphatic rings. The predicted molar refractivity (Wildman–Crippen MR) is 71.5 cm³/mol. The number of urea groups is 1. The molecule has 1 aromatic heterocycles. The van der Waals surface area contributed by atoms with E-state index < -0.39 is 0 Å². The highest BCUT2D eigenvalue weighted by Crippen LogP contribution is 2.25. The lowest BCUT2D eigenvalue weighted by Gasteiger charge is -2.20. The fraction of sp³-hybridized carbons (Fsp3) is 0.333. The van der Waals surface area contributed by atoms with Gasteiger partial charge in [-0.05, 0) is 44.4 Å². The van der Waals surface area contributed by atoms with Gasteiger partial charge in [0, 0.05) is 10.9 Å². The zero-order chi connectivity index (χ0) is 12.5. The number of rotatable bonds is 1. The van der Waals surface area contributed by atoms with E-state index in [2.05, 4.69) is 15.0 Å². The summed E-state index contributed by atoms with van der Waals surface area (Å²) < 4.78 is 5.30. The van der Waals surface area contributed by atoms with Gasteiger partial charge in [-0.15, -0.1) is 0 Å². The van der Waals surface area contributed by atoms with Crippen LogP contribution in [0.25, 0.3) is 10.1 Å². The van der Waals surface area contributed by atoms with Crippen LogP contribution in [0.4, 0.5) is 10.6 Å². The lowest BCUT2D eigenvalue weighted by Crippen LogP contribution is -2.43. The van der Waals surface area contributed by atoms with Crippen LogP contribution in [-0.4, -0.2) is 15.9 Å². The summed E-state index contributed by atoms with van der Waals surface area (Å²) in [4.78, 5) is 11.7. The Bertz CT molecular complexity index is 542. The molecule has 0 spiro atoms. The number of nitrogens with zero attached hydrogens (tertiary/aromatic N) is 1. The van der Waals surface area contributed by atoms with Crippen LogP contribution in [0.3, 0.4) is 0 Å². The summed E-state index contributed by atoms with van der Waals surface area (Å²) in [5.74, 6) is 0.618. The summed E-state index contributed by atoms with van der Waals surface area (Å²) in [6, 6.07) is 7.60. The summed E-state index contributed by atoms with van der Waals surface area (Å²) in [7, 11) is 0. The highest BCUT2D eigenvalue weighted by molar-refractivity contribution is 7.13. The maximum atomic E-state index is 11.7. The lowest BCUT2D eigenvalue weighted by molar-refractivity contribution is 0.244. The highest BCUT2D eigenvalue weighted by atomic mass is 32.1. The SMILES string of the molecule is CC(C)(C)NC(=O)Nc1nsc2ccccc12. The van der Waals surface area contributed by atoms with Crippen LogP contribution in [0.1, 0.15) is 20.8 Å². The molecular formula is C12H15N3OS. The first kappa shape index (κ1) is 11.9. The quantitative estimate of drug-likeness (QED) is 0.815. The summed E-state index contributed by atoms with van der Waals surface area (Å²) in [6.45, 7) is 5.81. The Kier molecular flexibility index (Phi) is 3.02. The monoisotopic (exact) mass is 249 g/mol. The van der Waals surface area contributed by atoms with Gasteiger partial charge in [-0.1, -0.05) is 12.1 Å². The molecule has 0 unspecified atom stereocenters. The number of nitrogens with one attached hydrogen (secondary N) is 2. The van der Waals surface area contributed by atoms with Crippen molar-refractivity contribution in [3.05, 3.63) is 24.3 Å². The van der Waals surface area contributed by atoms with Crippen molar-refractivity contribution >= 4 is 33.5 Å². The minimum absolute atomic E-state index is 0.228. The van der Waals surface area contributed by atoms with E-state index in [-0.39, 0.29) is 11.6 Å².